The third-order valence-electron chi connectivity index (χ3n) is 6.64. The van der Waals surface area contributed by atoms with E-state index in [0.717, 1.165) is 22.3 Å². The zero-order valence-corrected chi connectivity index (χ0v) is 18.3. The summed E-state index contributed by atoms with van der Waals surface area (Å²) in [7, 11) is 0. The van der Waals surface area contributed by atoms with Gasteiger partial charge in [-0.3, -0.25) is 9.59 Å². The minimum absolute atomic E-state index is 0.0578. The van der Waals surface area contributed by atoms with Crippen LogP contribution in [-0.4, -0.2) is 53.2 Å². The van der Waals surface area contributed by atoms with E-state index < -0.39 is 30.1 Å². The van der Waals surface area contributed by atoms with E-state index in [-0.39, 0.29) is 18.4 Å². The number of piperidine rings is 1. The average Bonchev–Trinajstić information content (AvgIpc) is 3.11. The normalized spacial score (nSPS) is 20.8. The van der Waals surface area contributed by atoms with Gasteiger partial charge in [-0.05, 0) is 48.9 Å². The molecule has 7 heteroatoms. The van der Waals surface area contributed by atoms with E-state index in [1.807, 2.05) is 36.4 Å². The molecule has 0 bridgehead atoms. The summed E-state index contributed by atoms with van der Waals surface area (Å²) in [5.41, 5.74) is 4.53. The van der Waals surface area contributed by atoms with Gasteiger partial charge in [-0.15, -0.1) is 0 Å². The number of hydrogen-bond donors (Lipinski definition) is 2. The minimum atomic E-state index is -0.896. The molecule has 0 radical (unpaired) electrons. The Kier molecular flexibility index (Phi) is 6.17. The Morgan fingerprint density at radius 3 is 2.28 bits per heavy atom. The Morgan fingerprint density at radius 1 is 1.09 bits per heavy atom. The molecule has 2 N–H and O–H groups in total. The fourth-order valence-electron chi connectivity index (χ4n) is 4.91. The highest BCUT2D eigenvalue weighted by Crippen LogP contribution is 2.44. The van der Waals surface area contributed by atoms with Crippen molar-refractivity contribution in [1.29, 1.82) is 0 Å². The van der Waals surface area contributed by atoms with E-state index in [0.29, 0.717) is 19.4 Å². The molecular formula is C25H28N2O5. The van der Waals surface area contributed by atoms with Crippen molar-refractivity contribution in [2.24, 2.45) is 5.92 Å². The first kappa shape index (κ1) is 21.9. The topological polar surface area (TPSA) is 95.9 Å². The highest BCUT2D eigenvalue weighted by Gasteiger charge is 2.37. The lowest BCUT2D eigenvalue weighted by Gasteiger charge is -2.38. The number of fused-ring (bicyclic) bond motifs is 3. The third-order valence-corrected chi connectivity index (χ3v) is 6.64. The lowest BCUT2D eigenvalue weighted by Crippen LogP contribution is -2.55. The van der Waals surface area contributed by atoms with E-state index in [1.165, 1.54) is 0 Å². The van der Waals surface area contributed by atoms with Gasteiger partial charge in [-0.25, -0.2) is 4.79 Å². The first-order chi connectivity index (χ1) is 15.4. The van der Waals surface area contributed by atoms with Crippen LogP contribution in [-0.2, 0) is 14.3 Å². The molecule has 0 saturated carbocycles. The van der Waals surface area contributed by atoms with Crippen molar-refractivity contribution in [3.8, 4) is 11.1 Å². The standard InChI is InChI=1S/C25H28N2O5/c1-15(23(28)27-13-7-12-17(16(27)2)24(29)30)26-25(31)32-14-22-20-10-5-3-8-18(20)19-9-4-6-11-21(19)22/h3-6,8-11,15-17,22H,7,12-14H2,1-2H3,(H,26,31)(H,29,30)/t15-,16-,17-/m0/s1. The Morgan fingerprint density at radius 2 is 1.69 bits per heavy atom. The smallest absolute Gasteiger partial charge is 0.407 e. The quantitative estimate of drug-likeness (QED) is 0.746. The van der Waals surface area contributed by atoms with Crippen LogP contribution in [0.2, 0.25) is 0 Å². The maximum absolute atomic E-state index is 12.9. The second-order valence-electron chi connectivity index (χ2n) is 8.55. The number of ether oxygens (including phenoxy) is 1. The van der Waals surface area contributed by atoms with Gasteiger partial charge in [-0.1, -0.05) is 48.5 Å². The molecule has 2 amide bonds. The molecular weight excluding hydrogens is 408 g/mol. The first-order valence-electron chi connectivity index (χ1n) is 11.0. The van der Waals surface area contributed by atoms with Crippen molar-refractivity contribution in [3.63, 3.8) is 0 Å². The van der Waals surface area contributed by atoms with Gasteiger partial charge in [0.25, 0.3) is 0 Å². The fourth-order valence-corrected chi connectivity index (χ4v) is 4.91. The lowest BCUT2D eigenvalue weighted by atomic mass is 9.90. The first-order valence-corrected chi connectivity index (χ1v) is 11.0. The van der Waals surface area contributed by atoms with Crippen molar-refractivity contribution in [3.05, 3.63) is 59.7 Å². The van der Waals surface area contributed by atoms with E-state index in [4.69, 9.17) is 4.74 Å². The third kappa shape index (κ3) is 4.07. The van der Waals surface area contributed by atoms with Crippen molar-refractivity contribution >= 4 is 18.0 Å². The molecule has 2 aromatic carbocycles. The predicted octanol–water partition coefficient (Wildman–Crippen LogP) is 3.63. The second-order valence-corrected chi connectivity index (χ2v) is 8.55. The van der Waals surface area contributed by atoms with Crippen LogP contribution < -0.4 is 5.32 Å². The molecule has 1 heterocycles. The molecule has 4 rings (SSSR count). The fraction of sp³-hybridized carbons (Fsp3) is 0.400. The van der Waals surface area contributed by atoms with Crippen molar-refractivity contribution in [2.45, 2.75) is 44.7 Å². The molecule has 1 fully saturated rings. The predicted molar refractivity (Wildman–Crippen MR) is 119 cm³/mol. The summed E-state index contributed by atoms with van der Waals surface area (Å²) in [6, 6.07) is 14.9. The molecule has 7 nitrogen and oxygen atoms in total. The SMILES string of the molecule is C[C@H](NC(=O)OCC1c2ccccc2-c2ccccc21)C(=O)N1CCC[C@H](C(=O)O)[C@@H]1C. The minimum Gasteiger partial charge on any atom is -0.481 e. The second kappa shape index (κ2) is 9.02. The Labute approximate surface area is 187 Å². The lowest BCUT2D eigenvalue weighted by molar-refractivity contribution is -0.149. The number of aliphatic carboxylic acids is 1. The zero-order valence-electron chi connectivity index (χ0n) is 18.3. The van der Waals surface area contributed by atoms with Gasteiger partial charge in [0, 0.05) is 18.5 Å². The van der Waals surface area contributed by atoms with Crippen LogP contribution in [0.5, 0.6) is 0 Å². The number of carboxylic acid groups (broad SMARTS) is 1. The van der Waals surface area contributed by atoms with Crippen LogP contribution in [0.4, 0.5) is 4.79 Å². The van der Waals surface area contributed by atoms with Crippen LogP contribution in [0.25, 0.3) is 11.1 Å². The summed E-state index contributed by atoms with van der Waals surface area (Å²) in [5, 5.41) is 12.0. The van der Waals surface area contributed by atoms with Gasteiger partial charge in [0.15, 0.2) is 0 Å². The Hall–Kier alpha value is -3.35. The molecule has 0 spiro atoms. The summed E-state index contributed by atoms with van der Waals surface area (Å²) in [4.78, 5) is 38.3. The molecule has 1 aliphatic heterocycles. The Bertz CT molecular complexity index is 991. The van der Waals surface area contributed by atoms with Crippen molar-refractivity contribution in [1.82, 2.24) is 10.2 Å². The van der Waals surface area contributed by atoms with Crippen LogP contribution in [0.15, 0.2) is 48.5 Å². The molecule has 1 saturated heterocycles. The van der Waals surface area contributed by atoms with Gasteiger partial charge in [-0.2, -0.15) is 0 Å². The van der Waals surface area contributed by atoms with E-state index in [2.05, 4.69) is 17.4 Å². The molecule has 32 heavy (non-hydrogen) atoms. The summed E-state index contributed by atoms with van der Waals surface area (Å²) >= 11 is 0. The maximum atomic E-state index is 12.9. The van der Waals surface area contributed by atoms with E-state index >= 15 is 0 Å². The molecule has 2 aliphatic rings. The number of amides is 2. The molecule has 2 aromatic rings. The molecule has 0 aromatic heterocycles. The number of carbonyl (C=O) groups is 3. The summed E-state index contributed by atoms with van der Waals surface area (Å²) in [6.45, 7) is 4.00. The van der Waals surface area contributed by atoms with Crippen LogP contribution in [0, 0.1) is 5.92 Å². The Balaban J connectivity index is 1.37. The van der Waals surface area contributed by atoms with Crippen LogP contribution in [0.3, 0.4) is 0 Å². The number of carbonyl (C=O) groups excluding carboxylic acids is 2. The van der Waals surface area contributed by atoms with Gasteiger partial charge in [0.1, 0.15) is 12.6 Å². The highest BCUT2D eigenvalue weighted by molar-refractivity contribution is 5.86. The van der Waals surface area contributed by atoms with Gasteiger partial charge in [0.2, 0.25) is 5.91 Å². The number of likely N-dealkylation sites (tertiary alicyclic amines) is 1. The maximum Gasteiger partial charge on any atom is 0.407 e. The summed E-state index contributed by atoms with van der Waals surface area (Å²) < 4.78 is 5.52. The van der Waals surface area contributed by atoms with Gasteiger partial charge >= 0.3 is 12.1 Å². The molecule has 168 valence electrons. The number of hydrogen-bond acceptors (Lipinski definition) is 4. The van der Waals surface area contributed by atoms with Crippen molar-refractivity contribution in [2.75, 3.05) is 13.2 Å². The average molecular weight is 437 g/mol. The largest absolute Gasteiger partial charge is 0.481 e. The molecule has 3 atom stereocenters. The summed E-state index contributed by atoms with van der Waals surface area (Å²) in [6.07, 6.45) is 0.520. The number of alkyl carbamates (subject to hydrolysis) is 1. The van der Waals surface area contributed by atoms with Crippen LogP contribution >= 0.6 is 0 Å². The number of carboxylic acids is 1. The van der Waals surface area contributed by atoms with E-state index in [1.54, 1.807) is 18.7 Å². The monoisotopic (exact) mass is 436 g/mol. The summed E-state index contributed by atoms with van der Waals surface area (Å²) in [5.74, 6) is -1.84. The number of nitrogens with zero attached hydrogens (tertiary/aromatic N) is 1. The van der Waals surface area contributed by atoms with Crippen molar-refractivity contribution < 1.29 is 24.2 Å². The number of nitrogens with one attached hydrogen (secondary N) is 1. The highest BCUT2D eigenvalue weighted by atomic mass is 16.5. The number of benzene rings is 2. The zero-order chi connectivity index (χ0) is 22.8. The van der Waals surface area contributed by atoms with E-state index in [9.17, 15) is 19.5 Å². The van der Waals surface area contributed by atoms with Crippen LogP contribution in [0.1, 0.15) is 43.7 Å². The number of rotatable bonds is 5. The molecule has 0 unspecified atom stereocenters. The van der Waals surface area contributed by atoms with Gasteiger partial charge < -0.3 is 20.1 Å². The molecule has 1 aliphatic carbocycles. The van der Waals surface area contributed by atoms with Gasteiger partial charge in [0.05, 0.1) is 5.92 Å².